The lowest BCUT2D eigenvalue weighted by molar-refractivity contribution is -0.144. The van der Waals surface area contributed by atoms with Gasteiger partial charge in [-0.15, -0.1) is 0 Å². The van der Waals surface area contributed by atoms with Crippen molar-refractivity contribution in [1.82, 2.24) is 10.6 Å². The summed E-state index contributed by atoms with van der Waals surface area (Å²) in [6.07, 6.45) is 5.78. The second-order valence-electron chi connectivity index (χ2n) is 6.98. The number of amides is 2. The molecule has 0 radical (unpaired) electrons. The highest BCUT2D eigenvalue weighted by atomic mass is 16.5. The highest BCUT2D eigenvalue weighted by Crippen LogP contribution is 2.20. The Bertz CT molecular complexity index is 400. The summed E-state index contributed by atoms with van der Waals surface area (Å²) in [6.45, 7) is 4.24. The maximum atomic E-state index is 12.4. The van der Waals surface area contributed by atoms with Gasteiger partial charge in [0.25, 0.3) is 5.91 Å². The Balaban J connectivity index is 2.32. The van der Waals surface area contributed by atoms with Gasteiger partial charge in [-0.2, -0.15) is 0 Å². The minimum absolute atomic E-state index is 0.0180. The molecule has 0 aliphatic heterocycles. The van der Waals surface area contributed by atoms with E-state index in [2.05, 4.69) is 10.6 Å². The lowest BCUT2D eigenvalue weighted by atomic mass is 9.90. The second kappa shape index (κ2) is 10.5. The van der Waals surface area contributed by atoms with E-state index in [1.54, 1.807) is 13.8 Å². The van der Waals surface area contributed by atoms with E-state index < -0.39 is 11.7 Å². The summed E-state index contributed by atoms with van der Waals surface area (Å²) in [5, 5.41) is 23.0. The third kappa shape index (κ3) is 7.97. The van der Waals surface area contributed by atoms with Gasteiger partial charge in [-0.1, -0.05) is 12.8 Å². The SMILES string of the molecule is CC(C)(OCCCCCCO)C(=O)NC1CCCC(NC(=O)O)C1. The first-order valence-electron chi connectivity index (χ1n) is 8.90. The van der Waals surface area contributed by atoms with Crippen molar-refractivity contribution in [2.24, 2.45) is 0 Å². The zero-order valence-electron chi connectivity index (χ0n) is 14.8. The molecule has 2 unspecified atom stereocenters. The first-order chi connectivity index (χ1) is 11.3. The number of hydrogen-bond donors (Lipinski definition) is 4. The number of rotatable bonds is 10. The third-order valence-corrected chi connectivity index (χ3v) is 4.40. The Hall–Kier alpha value is -1.34. The predicted molar refractivity (Wildman–Crippen MR) is 90.9 cm³/mol. The predicted octanol–water partition coefficient (Wildman–Crippen LogP) is 2.03. The minimum atomic E-state index is -1.02. The zero-order valence-corrected chi connectivity index (χ0v) is 14.8. The molecule has 0 aromatic heterocycles. The molecule has 0 aromatic carbocycles. The topological polar surface area (TPSA) is 108 Å². The van der Waals surface area contributed by atoms with E-state index >= 15 is 0 Å². The Morgan fingerprint density at radius 1 is 1.08 bits per heavy atom. The largest absolute Gasteiger partial charge is 0.465 e. The van der Waals surface area contributed by atoms with E-state index in [9.17, 15) is 9.59 Å². The quantitative estimate of drug-likeness (QED) is 0.454. The van der Waals surface area contributed by atoms with Crippen LogP contribution >= 0.6 is 0 Å². The van der Waals surface area contributed by atoms with Crippen molar-refractivity contribution in [3.8, 4) is 0 Å². The van der Waals surface area contributed by atoms with Crippen LogP contribution in [0.1, 0.15) is 65.2 Å². The number of carbonyl (C=O) groups is 2. The summed E-state index contributed by atoms with van der Waals surface area (Å²) in [5.74, 6) is -0.154. The summed E-state index contributed by atoms with van der Waals surface area (Å²) in [4.78, 5) is 23.2. The molecule has 7 nitrogen and oxygen atoms in total. The number of carboxylic acid groups (broad SMARTS) is 1. The van der Waals surface area contributed by atoms with Crippen molar-refractivity contribution < 1.29 is 24.5 Å². The van der Waals surface area contributed by atoms with Crippen molar-refractivity contribution >= 4 is 12.0 Å². The summed E-state index contributed by atoms with van der Waals surface area (Å²) in [6, 6.07) is -0.118. The molecule has 7 heteroatoms. The summed E-state index contributed by atoms with van der Waals surface area (Å²) in [5.41, 5.74) is -0.899. The number of unbranched alkanes of at least 4 members (excludes halogenated alkanes) is 3. The van der Waals surface area contributed by atoms with Gasteiger partial charge >= 0.3 is 6.09 Å². The van der Waals surface area contributed by atoms with Crippen molar-refractivity contribution in [2.75, 3.05) is 13.2 Å². The molecule has 24 heavy (non-hydrogen) atoms. The van der Waals surface area contributed by atoms with Gasteiger partial charge < -0.3 is 25.6 Å². The fourth-order valence-electron chi connectivity index (χ4n) is 2.95. The van der Waals surface area contributed by atoms with Crippen LogP contribution in [0.15, 0.2) is 0 Å². The molecule has 1 rings (SSSR count). The Labute approximate surface area is 144 Å². The highest BCUT2D eigenvalue weighted by molar-refractivity contribution is 5.84. The van der Waals surface area contributed by atoms with Crippen molar-refractivity contribution in [2.45, 2.75) is 82.9 Å². The molecule has 1 aliphatic rings. The summed E-state index contributed by atoms with van der Waals surface area (Å²) < 4.78 is 5.72. The van der Waals surface area contributed by atoms with Crippen molar-refractivity contribution in [1.29, 1.82) is 0 Å². The molecule has 0 heterocycles. The van der Waals surface area contributed by atoms with Gasteiger partial charge in [-0.3, -0.25) is 4.79 Å². The smallest absolute Gasteiger partial charge is 0.404 e. The average Bonchev–Trinajstić information content (AvgIpc) is 2.50. The van der Waals surface area contributed by atoms with Crippen LogP contribution in [0, 0.1) is 0 Å². The maximum absolute atomic E-state index is 12.4. The van der Waals surface area contributed by atoms with Crippen LogP contribution in [0.3, 0.4) is 0 Å². The lowest BCUT2D eigenvalue weighted by Crippen LogP contribution is -2.51. The summed E-state index contributed by atoms with van der Waals surface area (Å²) in [7, 11) is 0. The molecule has 1 fully saturated rings. The van der Waals surface area contributed by atoms with Gasteiger partial charge in [-0.25, -0.2) is 4.79 Å². The van der Waals surface area contributed by atoms with Gasteiger partial charge in [0, 0.05) is 25.3 Å². The van der Waals surface area contributed by atoms with Crippen LogP contribution < -0.4 is 10.6 Å². The number of carbonyl (C=O) groups excluding carboxylic acids is 1. The van der Waals surface area contributed by atoms with Crippen LogP contribution in [0.5, 0.6) is 0 Å². The van der Waals surface area contributed by atoms with E-state index in [0.29, 0.717) is 13.0 Å². The van der Waals surface area contributed by atoms with E-state index in [4.69, 9.17) is 14.9 Å². The molecule has 2 atom stereocenters. The lowest BCUT2D eigenvalue weighted by Gasteiger charge is -2.32. The molecule has 140 valence electrons. The minimum Gasteiger partial charge on any atom is -0.465 e. The Morgan fingerprint density at radius 3 is 2.33 bits per heavy atom. The van der Waals surface area contributed by atoms with Gasteiger partial charge in [0.15, 0.2) is 0 Å². The molecule has 0 bridgehead atoms. The van der Waals surface area contributed by atoms with Crippen LogP contribution in [0.2, 0.25) is 0 Å². The van der Waals surface area contributed by atoms with E-state index in [0.717, 1.165) is 44.9 Å². The average molecular weight is 344 g/mol. The molecule has 2 amide bonds. The fraction of sp³-hybridized carbons (Fsp3) is 0.882. The number of hydrogen-bond acceptors (Lipinski definition) is 4. The van der Waals surface area contributed by atoms with Crippen LogP contribution in [-0.4, -0.2) is 53.1 Å². The fourth-order valence-corrected chi connectivity index (χ4v) is 2.95. The Morgan fingerprint density at radius 2 is 1.71 bits per heavy atom. The molecule has 1 saturated carbocycles. The highest BCUT2D eigenvalue weighted by Gasteiger charge is 2.32. The van der Waals surface area contributed by atoms with Gasteiger partial charge in [0.05, 0.1) is 0 Å². The molecular formula is C17H32N2O5. The number of aliphatic hydroxyl groups excluding tert-OH is 1. The molecule has 0 saturated heterocycles. The monoisotopic (exact) mass is 344 g/mol. The van der Waals surface area contributed by atoms with E-state index in [1.165, 1.54) is 0 Å². The molecule has 4 N–H and O–H groups in total. The molecule has 0 aromatic rings. The second-order valence-corrected chi connectivity index (χ2v) is 6.98. The van der Waals surface area contributed by atoms with Gasteiger partial charge in [0.1, 0.15) is 5.60 Å². The van der Waals surface area contributed by atoms with Crippen LogP contribution in [0.4, 0.5) is 4.79 Å². The third-order valence-electron chi connectivity index (χ3n) is 4.40. The van der Waals surface area contributed by atoms with E-state index in [1.807, 2.05) is 0 Å². The first-order valence-corrected chi connectivity index (χ1v) is 8.90. The normalized spacial score (nSPS) is 21.3. The number of nitrogens with one attached hydrogen (secondary N) is 2. The first kappa shape index (κ1) is 20.7. The molecule has 1 aliphatic carbocycles. The van der Waals surface area contributed by atoms with Crippen LogP contribution in [0.25, 0.3) is 0 Å². The Kier molecular flexibility index (Phi) is 9.07. The zero-order chi connectivity index (χ0) is 18.0. The van der Waals surface area contributed by atoms with Gasteiger partial charge in [0.2, 0.25) is 0 Å². The summed E-state index contributed by atoms with van der Waals surface area (Å²) >= 11 is 0. The maximum Gasteiger partial charge on any atom is 0.404 e. The molecular weight excluding hydrogens is 312 g/mol. The van der Waals surface area contributed by atoms with Crippen LogP contribution in [-0.2, 0) is 9.53 Å². The standard InChI is InChI=1S/C17H32N2O5/c1-17(2,24-11-6-4-3-5-10-20)15(21)18-13-8-7-9-14(12-13)19-16(22)23/h13-14,19-20H,3-12H2,1-2H3,(H,18,21)(H,22,23). The van der Waals surface area contributed by atoms with Crippen molar-refractivity contribution in [3.63, 3.8) is 0 Å². The molecule has 0 spiro atoms. The van der Waals surface area contributed by atoms with Gasteiger partial charge in [-0.05, 0) is 52.4 Å². The van der Waals surface area contributed by atoms with E-state index in [-0.39, 0.29) is 24.6 Å². The van der Waals surface area contributed by atoms with Crippen molar-refractivity contribution in [3.05, 3.63) is 0 Å². The number of ether oxygens (including phenoxy) is 1. The number of aliphatic hydroxyl groups is 1.